The molecule has 5 heteroatoms. The number of aliphatic hydroxyl groups excluding tert-OH is 1. The van der Waals surface area contributed by atoms with Gasteiger partial charge in [0, 0.05) is 11.4 Å². The zero-order chi connectivity index (χ0) is 13.5. The van der Waals surface area contributed by atoms with Crippen molar-refractivity contribution in [1.29, 1.82) is 0 Å². The van der Waals surface area contributed by atoms with Crippen LogP contribution >= 0.6 is 11.3 Å². The molecule has 0 aliphatic heterocycles. The van der Waals surface area contributed by atoms with Gasteiger partial charge in [-0.25, -0.2) is 4.79 Å². The summed E-state index contributed by atoms with van der Waals surface area (Å²) in [5.41, 5.74) is 1.19. The summed E-state index contributed by atoms with van der Waals surface area (Å²) in [6.45, 7) is 6.85. The fourth-order valence-corrected chi connectivity index (χ4v) is 2.32. The molecule has 1 aromatic heterocycles. The molecule has 0 saturated heterocycles. The number of hydrogen-bond acceptors (Lipinski definition) is 3. The minimum absolute atomic E-state index is 0.199. The third-order valence-corrected chi connectivity index (χ3v) is 4.17. The van der Waals surface area contributed by atoms with Crippen molar-refractivity contribution >= 4 is 17.4 Å². The van der Waals surface area contributed by atoms with Gasteiger partial charge in [-0.05, 0) is 29.9 Å². The maximum Gasteiger partial charge on any atom is 0.315 e. The Morgan fingerprint density at radius 1 is 1.50 bits per heavy atom. The number of urea groups is 1. The number of rotatable bonds is 6. The molecule has 18 heavy (non-hydrogen) atoms. The molecule has 1 heterocycles. The van der Waals surface area contributed by atoms with Crippen LogP contribution in [0.25, 0.3) is 0 Å². The molecule has 0 bridgehead atoms. The van der Waals surface area contributed by atoms with Gasteiger partial charge in [0.05, 0.1) is 12.6 Å². The predicted octanol–water partition coefficient (Wildman–Crippen LogP) is 2.26. The van der Waals surface area contributed by atoms with Crippen molar-refractivity contribution in [3.8, 4) is 0 Å². The van der Waals surface area contributed by atoms with Crippen molar-refractivity contribution in [1.82, 2.24) is 10.6 Å². The molecule has 0 radical (unpaired) electrons. The van der Waals surface area contributed by atoms with E-state index in [4.69, 9.17) is 0 Å². The van der Waals surface area contributed by atoms with E-state index in [2.05, 4.69) is 10.6 Å². The molecule has 0 saturated carbocycles. The number of carbonyl (C=O) groups excluding carboxylic acids is 1. The third kappa shape index (κ3) is 4.66. The van der Waals surface area contributed by atoms with Crippen LogP contribution in [0.4, 0.5) is 4.79 Å². The minimum Gasteiger partial charge on any atom is -0.391 e. The molecule has 0 aliphatic rings. The maximum absolute atomic E-state index is 11.5. The highest BCUT2D eigenvalue weighted by atomic mass is 32.1. The fraction of sp³-hybridized carbons (Fsp3) is 0.615. The molecule has 102 valence electrons. The highest BCUT2D eigenvalue weighted by Crippen LogP contribution is 2.14. The van der Waals surface area contributed by atoms with Crippen LogP contribution in [0, 0.1) is 12.8 Å². The lowest BCUT2D eigenvalue weighted by Gasteiger charge is -2.17. The van der Waals surface area contributed by atoms with Gasteiger partial charge in [0.2, 0.25) is 0 Å². The van der Waals surface area contributed by atoms with Crippen LogP contribution in [0.5, 0.6) is 0 Å². The van der Waals surface area contributed by atoms with E-state index in [0.29, 0.717) is 13.1 Å². The molecule has 0 aliphatic carbocycles. The molecular weight excluding hydrogens is 248 g/mol. The van der Waals surface area contributed by atoms with E-state index in [1.54, 1.807) is 11.3 Å². The largest absolute Gasteiger partial charge is 0.391 e. The third-order valence-electron chi connectivity index (χ3n) is 3.15. The van der Waals surface area contributed by atoms with Gasteiger partial charge in [-0.1, -0.05) is 20.3 Å². The molecule has 3 N–H and O–H groups in total. The van der Waals surface area contributed by atoms with E-state index in [9.17, 15) is 9.90 Å². The van der Waals surface area contributed by atoms with Gasteiger partial charge in [0.1, 0.15) is 0 Å². The molecule has 1 aromatic rings. The second kappa shape index (κ2) is 7.38. The normalized spacial score (nSPS) is 14.0. The van der Waals surface area contributed by atoms with Gasteiger partial charge < -0.3 is 15.7 Å². The average molecular weight is 270 g/mol. The van der Waals surface area contributed by atoms with Crippen LogP contribution in [0.15, 0.2) is 11.4 Å². The number of aryl methyl sites for hydroxylation is 1. The molecule has 2 amide bonds. The first kappa shape index (κ1) is 15.0. The molecule has 1 rings (SSSR count). The predicted molar refractivity (Wildman–Crippen MR) is 74.8 cm³/mol. The van der Waals surface area contributed by atoms with Crippen LogP contribution in [0.1, 0.15) is 30.7 Å². The number of aliphatic hydroxyl groups is 1. The number of hydrogen-bond donors (Lipinski definition) is 3. The monoisotopic (exact) mass is 270 g/mol. The molecule has 0 aromatic carbocycles. The smallest absolute Gasteiger partial charge is 0.315 e. The summed E-state index contributed by atoms with van der Waals surface area (Å²) < 4.78 is 0. The van der Waals surface area contributed by atoms with Gasteiger partial charge in [-0.3, -0.25) is 0 Å². The highest BCUT2D eigenvalue weighted by molar-refractivity contribution is 7.10. The van der Waals surface area contributed by atoms with E-state index >= 15 is 0 Å². The van der Waals surface area contributed by atoms with Crippen LogP contribution in [0.3, 0.4) is 0 Å². The molecule has 2 unspecified atom stereocenters. The van der Waals surface area contributed by atoms with E-state index in [1.807, 2.05) is 32.2 Å². The Balaban J connectivity index is 2.24. The number of nitrogens with one attached hydrogen (secondary N) is 2. The Kier molecular flexibility index (Phi) is 6.15. The van der Waals surface area contributed by atoms with Crippen molar-refractivity contribution in [2.75, 3.05) is 6.54 Å². The van der Waals surface area contributed by atoms with Crippen molar-refractivity contribution < 1.29 is 9.90 Å². The minimum atomic E-state index is -0.482. The number of amides is 2. The first-order valence-corrected chi connectivity index (χ1v) is 7.15. The zero-order valence-electron chi connectivity index (χ0n) is 11.2. The summed E-state index contributed by atoms with van der Waals surface area (Å²) in [5.74, 6) is 0.199. The molecule has 0 spiro atoms. The Hall–Kier alpha value is -1.07. The van der Waals surface area contributed by atoms with Gasteiger partial charge in [0.25, 0.3) is 0 Å². The second-order valence-electron chi connectivity index (χ2n) is 4.54. The average Bonchev–Trinajstić information content (AvgIpc) is 2.77. The van der Waals surface area contributed by atoms with Gasteiger partial charge in [-0.15, -0.1) is 11.3 Å². The topological polar surface area (TPSA) is 61.4 Å². The molecule has 2 atom stereocenters. The van der Waals surface area contributed by atoms with Crippen LogP contribution < -0.4 is 10.6 Å². The maximum atomic E-state index is 11.5. The summed E-state index contributed by atoms with van der Waals surface area (Å²) in [6.07, 6.45) is 0.419. The van der Waals surface area contributed by atoms with E-state index in [0.717, 1.165) is 11.3 Å². The van der Waals surface area contributed by atoms with E-state index in [1.165, 1.54) is 5.56 Å². The van der Waals surface area contributed by atoms with Crippen molar-refractivity contribution in [3.05, 3.63) is 21.9 Å². The van der Waals surface area contributed by atoms with Crippen LogP contribution in [0.2, 0.25) is 0 Å². The fourth-order valence-electron chi connectivity index (χ4n) is 1.48. The number of thiophene rings is 1. The van der Waals surface area contributed by atoms with Crippen LogP contribution in [-0.2, 0) is 6.54 Å². The lowest BCUT2D eigenvalue weighted by Crippen LogP contribution is -2.41. The van der Waals surface area contributed by atoms with Gasteiger partial charge >= 0.3 is 6.03 Å². The summed E-state index contributed by atoms with van der Waals surface area (Å²) in [4.78, 5) is 12.7. The summed E-state index contributed by atoms with van der Waals surface area (Å²) in [7, 11) is 0. The summed E-state index contributed by atoms with van der Waals surface area (Å²) in [5, 5.41) is 17.2. The molecule has 4 nitrogen and oxygen atoms in total. The highest BCUT2D eigenvalue weighted by Gasteiger charge is 2.13. The standard InChI is InChI=1S/C13H22N2O2S/c1-4-9(2)11(16)7-14-13(17)15-8-12-10(3)5-6-18-12/h5-6,9,11,16H,4,7-8H2,1-3H3,(H2,14,15,17). The lowest BCUT2D eigenvalue weighted by molar-refractivity contribution is 0.114. The second-order valence-corrected chi connectivity index (χ2v) is 5.54. The summed E-state index contributed by atoms with van der Waals surface area (Å²) >= 11 is 1.63. The zero-order valence-corrected chi connectivity index (χ0v) is 12.0. The number of carbonyl (C=O) groups is 1. The van der Waals surface area contributed by atoms with E-state index in [-0.39, 0.29) is 11.9 Å². The van der Waals surface area contributed by atoms with E-state index < -0.39 is 6.10 Å². The quantitative estimate of drug-likeness (QED) is 0.742. The first-order chi connectivity index (χ1) is 8.54. The Bertz CT molecular complexity index is 379. The van der Waals surface area contributed by atoms with Crippen LogP contribution in [-0.4, -0.2) is 23.8 Å². The lowest BCUT2D eigenvalue weighted by atomic mass is 10.0. The van der Waals surface area contributed by atoms with Gasteiger partial charge in [0.15, 0.2) is 0 Å². The van der Waals surface area contributed by atoms with Gasteiger partial charge in [-0.2, -0.15) is 0 Å². The Morgan fingerprint density at radius 3 is 2.78 bits per heavy atom. The summed E-state index contributed by atoms with van der Waals surface area (Å²) in [6, 6.07) is 1.80. The Morgan fingerprint density at radius 2 is 2.22 bits per heavy atom. The van der Waals surface area contributed by atoms with Crippen molar-refractivity contribution in [2.24, 2.45) is 5.92 Å². The Labute approximate surface area is 112 Å². The molecular formula is C13H22N2O2S. The first-order valence-electron chi connectivity index (χ1n) is 6.27. The SMILES string of the molecule is CCC(C)C(O)CNC(=O)NCc1sccc1C. The van der Waals surface area contributed by atoms with Crippen molar-refractivity contribution in [3.63, 3.8) is 0 Å². The van der Waals surface area contributed by atoms with Crippen molar-refractivity contribution in [2.45, 2.75) is 39.8 Å². The molecule has 0 fully saturated rings.